The van der Waals surface area contributed by atoms with Crippen molar-refractivity contribution in [2.24, 2.45) is 4.99 Å². The molecule has 6 nitrogen and oxygen atoms in total. The second-order valence-corrected chi connectivity index (χ2v) is 10.2. The van der Waals surface area contributed by atoms with Gasteiger partial charge < -0.3 is 4.57 Å². The number of para-hydroxylation sites is 1. The zero-order valence-corrected chi connectivity index (χ0v) is 20.0. The molecule has 1 amide bonds. The summed E-state index contributed by atoms with van der Waals surface area (Å²) in [6, 6.07) is 16.2. The molecule has 0 aliphatic heterocycles. The van der Waals surface area contributed by atoms with Gasteiger partial charge in [-0.05, 0) is 56.3 Å². The van der Waals surface area contributed by atoms with Crippen LogP contribution >= 0.6 is 11.3 Å². The largest absolute Gasteiger partial charge is 0.314 e. The lowest BCUT2D eigenvalue weighted by Gasteiger charge is -2.22. The molecule has 0 unspecified atom stereocenters. The van der Waals surface area contributed by atoms with Gasteiger partial charge in [-0.1, -0.05) is 29.5 Å². The second-order valence-electron chi connectivity index (χ2n) is 7.31. The topological polar surface area (TPSA) is 71.7 Å². The molecule has 0 atom stereocenters. The van der Waals surface area contributed by atoms with Gasteiger partial charge in [-0.15, -0.1) is 0 Å². The molecule has 176 valence electrons. The normalized spacial score (nSPS) is 12.3. The lowest BCUT2D eigenvalue weighted by Crippen LogP contribution is -2.30. The highest BCUT2D eigenvalue weighted by Crippen LogP contribution is 2.24. The van der Waals surface area contributed by atoms with Crippen LogP contribution in [0.5, 0.6) is 0 Å². The average Bonchev–Trinajstić information content (AvgIpc) is 3.17. The number of amides is 1. The van der Waals surface area contributed by atoms with Crippen molar-refractivity contribution < 1.29 is 22.0 Å². The van der Waals surface area contributed by atoms with E-state index in [4.69, 9.17) is 0 Å². The number of nitrogens with zero attached hydrogens (tertiary/aromatic N) is 3. The number of anilines is 1. The molecule has 1 aromatic heterocycles. The van der Waals surface area contributed by atoms with E-state index in [-0.39, 0.29) is 27.3 Å². The van der Waals surface area contributed by atoms with Crippen LogP contribution in [0.3, 0.4) is 0 Å². The maximum absolute atomic E-state index is 14.3. The van der Waals surface area contributed by atoms with Crippen molar-refractivity contribution in [2.45, 2.75) is 25.3 Å². The molecule has 0 radical (unpaired) electrons. The van der Waals surface area contributed by atoms with Crippen LogP contribution in [0.2, 0.25) is 0 Å². The monoisotopic (exact) mass is 501 g/mol. The number of carbonyl (C=O) groups excluding carboxylic acids is 1. The van der Waals surface area contributed by atoms with Gasteiger partial charge in [0.15, 0.2) is 10.6 Å². The van der Waals surface area contributed by atoms with Crippen molar-refractivity contribution in [1.82, 2.24) is 4.57 Å². The van der Waals surface area contributed by atoms with Gasteiger partial charge in [0, 0.05) is 24.7 Å². The minimum atomic E-state index is -3.83. The lowest BCUT2D eigenvalue weighted by atomic mass is 10.2. The van der Waals surface area contributed by atoms with Crippen LogP contribution < -0.4 is 9.11 Å². The molecule has 4 aromatic rings. The SMILES string of the molecule is CCN(c1ccccc1)S(=O)(=O)c1ccc(C(=O)N=c2sc3cc(F)cc(F)c3n2CC)cc1. The molecule has 0 aliphatic carbocycles. The molecule has 4 rings (SSSR count). The molecule has 34 heavy (non-hydrogen) atoms. The Labute approximate surface area is 199 Å². The number of carbonyl (C=O) groups is 1. The predicted molar refractivity (Wildman–Crippen MR) is 128 cm³/mol. The molecule has 3 aromatic carbocycles. The first-order chi connectivity index (χ1) is 16.3. The minimum absolute atomic E-state index is 0.0396. The average molecular weight is 502 g/mol. The quantitative estimate of drug-likeness (QED) is 0.375. The maximum Gasteiger partial charge on any atom is 0.279 e. The van der Waals surface area contributed by atoms with E-state index in [1.165, 1.54) is 39.2 Å². The second kappa shape index (κ2) is 9.47. The van der Waals surface area contributed by atoms with Crippen molar-refractivity contribution in [1.29, 1.82) is 0 Å². The number of halogens is 2. The van der Waals surface area contributed by atoms with Crippen LogP contribution in [0.15, 0.2) is 76.6 Å². The summed E-state index contributed by atoms with van der Waals surface area (Å²) >= 11 is 1.00. The molecule has 0 N–H and O–H groups in total. The van der Waals surface area contributed by atoms with Crippen LogP contribution in [0, 0.1) is 11.6 Å². The van der Waals surface area contributed by atoms with Crippen molar-refractivity contribution in [3.8, 4) is 0 Å². The Bertz CT molecular complexity index is 1530. The van der Waals surface area contributed by atoms with Crippen LogP contribution in [-0.2, 0) is 16.6 Å². The molecule has 1 heterocycles. The molecule has 0 fully saturated rings. The Balaban J connectivity index is 1.68. The van der Waals surface area contributed by atoms with E-state index < -0.39 is 27.6 Å². The van der Waals surface area contributed by atoms with Crippen LogP contribution in [0.4, 0.5) is 14.5 Å². The van der Waals surface area contributed by atoms with Gasteiger partial charge in [-0.25, -0.2) is 17.2 Å². The molecule has 0 bridgehead atoms. The first-order valence-electron chi connectivity index (χ1n) is 10.5. The highest BCUT2D eigenvalue weighted by Gasteiger charge is 2.23. The molecular formula is C24H21F2N3O3S2. The summed E-state index contributed by atoms with van der Waals surface area (Å²) < 4.78 is 57.3. The Morgan fingerprint density at radius 2 is 1.71 bits per heavy atom. The van der Waals surface area contributed by atoms with E-state index in [2.05, 4.69) is 4.99 Å². The van der Waals surface area contributed by atoms with E-state index in [9.17, 15) is 22.0 Å². The summed E-state index contributed by atoms with van der Waals surface area (Å²) in [5.74, 6) is -2.05. The molecule has 0 aliphatic rings. The number of aryl methyl sites for hydroxylation is 1. The van der Waals surface area contributed by atoms with Crippen LogP contribution in [0.1, 0.15) is 24.2 Å². The fourth-order valence-corrected chi connectivity index (χ4v) is 6.25. The summed E-state index contributed by atoms with van der Waals surface area (Å²) in [6.07, 6.45) is 0. The van der Waals surface area contributed by atoms with E-state index in [1.807, 2.05) is 0 Å². The summed E-state index contributed by atoms with van der Waals surface area (Å²) in [5, 5.41) is 0. The van der Waals surface area contributed by atoms with Gasteiger partial charge in [0.05, 0.1) is 20.8 Å². The maximum atomic E-state index is 14.3. The third-order valence-corrected chi connectivity index (χ3v) is 8.17. The number of hydrogen-bond acceptors (Lipinski definition) is 4. The standard InChI is InChI=1S/C24H21F2N3O3S2/c1-3-28-22-20(26)14-17(25)15-21(22)33-24(28)27-23(30)16-10-12-19(13-11-16)34(31,32)29(4-2)18-8-6-5-7-9-18/h5-15H,3-4H2,1-2H3. The van der Waals surface area contributed by atoms with Gasteiger partial charge in [-0.3, -0.25) is 9.10 Å². The number of sulfonamides is 1. The fourth-order valence-electron chi connectivity index (χ4n) is 3.64. The number of fused-ring (bicyclic) bond motifs is 1. The van der Waals surface area contributed by atoms with E-state index in [0.717, 1.165) is 17.4 Å². The van der Waals surface area contributed by atoms with Crippen molar-refractivity contribution in [2.75, 3.05) is 10.8 Å². The molecule has 0 saturated carbocycles. The fraction of sp³-hybridized carbons (Fsp3) is 0.167. The molecule has 0 saturated heterocycles. The number of aromatic nitrogens is 1. The minimum Gasteiger partial charge on any atom is -0.314 e. The highest BCUT2D eigenvalue weighted by molar-refractivity contribution is 7.92. The van der Waals surface area contributed by atoms with Gasteiger partial charge >= 0.3 is 0 Å². The van der Waals surface area contributed by atoms with Crippen LogP contribution in [0.25, 0.3) is 10.2 Å². The Morgan fingerprint density at radius 3 is 2.32 bits per heavy atom. The molecular weight excluding hydrogens is 480 g/mol. The first-order valence-corrected chi connectivity index (χ1v) is 12.8. The number of thiazole rings is 1. The van der Waals surface area contributed by atoms with E-state index >= 15 is 0 Å². The zero-order chi connectivity index (χ0) is 24.5. The predicted octanol–water partition coefficient (Wildman–Crippen LogP) is 4.96. The highest BCUT2D eigenvalue weighted by atomic mass is 32.2. The molecule has 10 heteroatoms. The van der Waals surface area contributed by atoms with Gasteiger partial charge in [0.2, 0.25) is 0 Å². The summed E-state index contributed by atoms with van der Waals surface area (Å²) in [5.41, 5.74) is 0.897. The Kier molecular flexibility index (Phi) is 6.63. The summed E-state index contributed by atoms with van der Waals surface area (Å²) in [4.78, 5) is 17.1. The van der Waals surface area contributed by atoms with Gasteiger partial charge in [-0.2, -0.15) is 4.99 Å². The zero-order valence-electron chi connectivity index (χ0n) is 18.4. The number of rotatable bonds is 6. The number of benzene rings is 3. The summed E-state index contributed by atoms with van der Waals surface area (Å²) in [7, 11) is -3.83. The smallest absolute Gasteiger partial charge is 0.279 e. The Morgan fingerprint density at radius 1 is 1.03 bits per heavy atom. The summed E-state index contributed by atoms with van der Waals surface area (Å²) in [6.45, 7) is 4.08. The Hall–Kier alpha value is -3.37. The third-order valence-electron chi connectivity index (χ3n) is 5.23. The molecule has 0 spiro atoms. The van der Waals surface area contributed by atoms with Gasteiger partial charge in [0.25, 0.3) is 15.9 Å². The van der Waals surface area contributed by atoms with E-state index in [0.29, 0.717) is 16.9 Å². The number of hydrogen-bond donors (Lipinski definition) is 0. The lowest BCUT2D eigenvalue weighted by molar-refractivity contribution is 0.0997. The van der Waals surface area contributed by atoms with Crippen molar-refractivity contribution >= 4 is 43.2 Å². The van der Waals surface area contributed by atoms with E-state index in [1.54, 1.807) is 44.2 Å². The van der Waals surface area contributed by atoms with Crippen molar-refractivity contribution in [3.05, 3.63) is 88.7 Å². The van der Waals surface area contributed by atoms with Crippen molar-refractivity contribution in [3.63, 3.8) is 0 Å². The van der Waals surface area contributed by atoms with Crippen LogP contribution in [-0.4, -0.2) is 25.4 Å². The van der Waals surface area contributed by atoms with Gasteiger partial charge in [0.1, 0.15) is 5.82 Å². The third kappa shape index (κ3) is 4.38. The first kappa shape index (κ1) is 23.8.